The first kappa shape index (κ1) is 8.28. The molecule has 0 aliphatic heterocycles. The molecule has 60 valence electrons. The number of oxime groups is 1. The molecule has 0 bridgehead atoms. The molecule has 12 heavy (non-hydrogen) atoms. The van der Waals surface area contributed by atoms with Crippen LogP contribution in [0.4, 0.5) is 0 Å². The summed E-state index contributed by atoms with van der Waals surface area (Å²) in [6.45, 7) is 0.196. The van der Waals surface area contributed by atoms with Gasteiger partial charge in [0, 0.05) is 12.4 Å². The molecular formula is C9H8N2O. The van der Waals surface area contributed by atoms with E-state index in [1.165, 1.54) is 0 Å². The van der Waals surface area contributed by atoms with Crippen molar-refractivity contribution in [3.63, 3.8) is 0 Å². The van der Waals surface area contributed by atoms with Crippen LogP contribution in [0.5, 0.6) is 0 Å². The summed E-state index contributed by atoms with van der Waals surface area (Å²) in [5.74, 6) is 2.31. The molecule has 0 aliphatic rings. The Labute approximate surface area is 71.1 Å². The maximum atomic E-state index is 4.95. The van der Waals surface area contributed by atoms with Gasteiger partial charge in [-0.2, -0.15) is 0 Å². The Morgan fingerprint density at radius 2 is 2.33 bits per heavy atom. The van der Waals surface area contributed by atoms with E-state index in [4.69, 9.17) is 11.3 Å². The van der Waals surface area contributed by atoms with Crippen molar-refractivity contribution in [1.29, 1.82) is 0 Å². The van der Waals surface area contributed by atoms with Crippen LogP contribution in [-0.4, -0.2) is 17.8 Å². The molecule has 3 heteroatoms. The summed E-state index contributed by atoms with van der Waals surface area (Å²) in [7, 11) is 0. The van der Waals surface area contributed by atoms with E-state index in [2.05, 4.69) is 16.1 Å². The molecule has 1 aromatic heterocycles. The van der Waals surface area contributed by atoms with E-state index in [1.54, 1.807) is 18.6 Å². The Morgan fingerprint density at radius 3 is 3.00 bits per heavy atom. The van der Waals surface area contributed by atoms with Crippen LogP contribution in [-0.2, 0) is 4.84 Å². The zero-order valence-electron chi connectivity index (χ0n) is 6.47. The summed E-state index contributed by atoms with van der Waals surface area (Å²) in [4.78, 5) is 8.55. The van der Waals surface area contributed by atoms with Gasteiger partial charge in [-0.3, -0.25) is 4.98 Å². The van der Waals surface area contributed by atoms with E-state index in [0.29, 0.717) is 0 Å². The molecule has 1 rings (SSSR count). The minimum Gasteiger partial charge on any atom is -0.383 e. The van der Waals surface area contributed by atoms with Crippen molar-refractivity contribution in [2.75, 3.05) is 6.61 Å². The Morgan fingerprint density at radius 1 is 1.58 bits per heavy atom. The van der Waals surface area contributed by atoms with Crippen LogP contribution in [0.2, 0.25) is 0 Å². The first-order valence-corrected chi connectivity index (χ1v) is 3.42. The fraction of sp³-hybridized carbons (Fsp3) is 0.111. The standard InChI is InChI=1S/C9H8N2O/c1-2-7-12-11-8-9-3-5-10-6-4-9/h1,3-6,8H,7H2/b11-8+. The molecule has 0 aromatic carbocycles. The van der Waals surface area contributed by atoms with Gasteiger partial charge in [-0.1, -0.05) is 11.1 Å². The lowest BCUT2D eigenvalue weighted by molar-refractivity contribution is 0.181. The molecule has 0 aliphatic carbocycles. The highest BCUT2D eigenvalue weighted by molar-refractivity contribution is 5.78. The second kappa shape index (κ2) is 4.91. The summed E-state index contributed by atoms with van der Waals surface area (Å²) < 4.78 is 0. The lowest BCUT2D eigenvalue weighted by Crippen LogP contribution is -1.85. The van der Waals surface area contributed by atoms with E-state index in [9.17, 15) is 0 Å². The van der Waals surface area contributed by atoms with Crippen LogP contribution < -0.4 is 0 Å². The van der Waals surface area contributed by atoms with Crippen LogP contribution >= 0.6 is 0 Å². The molecule has 1 heterocycles. The van der Waals surface area contributed by atoms with Crippen molar-refractivity contribution in [2.24, 2.45) is 5.16 Å². The molecule has 0 amide bonds. The van der Waals surface area contributed by atoms with Gasteiger partial charge in [0.25, 0.3) is 0 Å². The van der Waals surface area contributed by atoms with E-state index < -0.39 is 0 Å². The molecule has 0 atom stereocenters. The van der Waals surface area contributed by atoms with Gasteiger partial charge >= 0.3 is 0 Å². The molecule has 1 aromatic rings. The van der Waals surface area contributed by atoms with Crippen LogP contribution in [0, 0.1) is 12.3 Å². The summed E-state index contributed by atoms with van der Waals surface area (Å²) in [5.41, 5.74) is 0.932. The van der Waals surface area contributed by atoms with Gasteiger partial charge in [0.05, 0.1) is 6.21 Å². The Kier molecular flexibility index (Phi) is 3.39. The molecule has 0 saturated heterocycles. The summed E-state index contributed by atoms with van der Waals surface area (Å²) in [5, 5.41) is 3.64. The molecular weight excluding hydrogens is 152 g/mol. The first-order chi connectivity index (χ1) is 5.93. The van der Waals surface area contributed by atoms with Gasteiger partial charge in [0.2, 0.25) is 0 Å². The van der Waals surface area contributed by atoms with Crippen LogP contribution in [0.15, 0.2) is 29.7 Å². The molecule has 3 nitrogen and oxygen atoms in total. The van der Waals surface area contributed by atoms with Crippen molar-refractivity contribution >= 4 is 6.21 Å². The Balaban J connectivity index is 2.43. The molecule has 0 N–H and O–H groups in total. The maximum absolute atomic E-state index is 4.95. The van der Waals surface area contributed by atoms with Gasteiger partial charge < -0.3 is 4.84 Å². The van der Waals surface area contributed by atoms with Gasteiger partial charge in [-0.05, 0) is 17.7 Å². The summed E-state index contributed by atoms with van der Waals surface area (Å²) >= 11 is 0. The second-order valence-corrected chi connectivity index (χ2v) is 1.99. The fourth-order valence-corrected chi connectivity index (χ4v) is 0.622. The summed E-state index contributed by atoms with van der Waals surface area (Å²) in [6, 6.07) is 3.64. The average molecular weight is 160 g/mol. The maximum Gasteiger partial charge on any atom is 0.177 e. The summed E-state index contributed by atoms with van der Waals surface area (Å²) in [6.07, 6.45) is 9.90. The normalized spacial score (nSPS) is 9.58. The fourth-order valence-electron chi connectivity index (χ4n) is 0.622. The minimum absolute atomic E-state index is 0.196. The zero-order chi connectivity index (χ0) is 8.65. The number of nitrogens with zero attached hydrogens (tertiary/aromatic N) is 2. The molecule has 0 spiro atoms. The number of hydrogen-bond acceptors (Lipinski definition) is 3. The van der Waals surface area contributed by atoms with Crippen molar-refractivity contribution in [3.8, 4) is 12.3 Å². The third kappa shape index (κ3) is 2.84. The van der Waals surface area contributed by atoms with Crippen molar-refractivity contribution in [1.82, 2.24) is 4.98 Å². The van der Waals surface area contributed by atoms with Gasteiger partial charge in [0.15, 0.2) is 6.61 Å². The molecule has 0 saturated carbocycles. The molecule has 0 unspecified atom stereocenters. The predicted octanol–water partition coefficient (Wildman–Crippen LogP) is 1.07. The number of hydrogen-bond donors (Lipinski definition) is 0. The monoisotopic (exact) mass is 160 g/mol. The van der Waals surface area contributed by atoms with Crippen LogP contribution in [0.25, 0.3) is 0 Å². The Hall–Kier alpha value is -1.82. The minimum atomic E-state index is 0.196. The molecule has 0 radical (unpaired) electrons. The van der Waals surface area contributed by atoms with Crippen LogP contribution in [0.1, 0.15) is 5.56 Å². The highest BCUT2D eigenvalue weighted by Crippen LogP contribution is 1.90. The van der Waals surface area contributed by atoms with Crippen molar-refractivity contribution in [2.45, 2.75) is 0 Å². The van der Waals surface area contributed by atoms with E-state index in [0.717, 1.165) is 5.56 Å². The quantitative estimate of drug-likeness (QED) is 0.287. The highest BCUT2D eigenvalue weighted by Gasteiger charge is 1.82. The molecule has 0 fully saturated rings. The van der Waals surface area contributed by atoms with E-state index in [1.807, 2.05) is 12.1 Å². The van der Waals surface area contributed by atoms with Gasteiger partial charge in [-0.25, -0.2) is 0 Å². The lowest BCUT2D eigenvalue weighted by Gasteiger charge is -1.90. The number of terminal acetylenes is 1. The number of rotatable bonds is 3. The van der Waals surface area contributed by atoms with Gasteiger partial charge in [0.1, 0.15) is 0 Å². The third-order valence-corrected chi connectivity index (χ3v) is 1.13. The second-order valence-electron chi connectivity index (χ2n) is 1.99. The average Bonchev–Trinajstić information content (AvgIpc) is 2.14. The first-order valence-electron chi connectivity index (χ1n) is 3.42. The number of pyridine rings is 1. The third-order valence-electron chi connectivity index (χ3n) is 1.13. The Bertz CT molecular complexity index is 287. The van der Waals surface area contributed by atoms with Crippen molar-refractivity contribution in [3.05, 3.63) is 30.1 Å². The topological polar surface area (TPSA) is 34.5 Å². The SMILES string of the molecule is C#CCO/N=C/c1ccncc1. The van der Waals surface area contributed by atoms with E-state index >= 15 is 0 Å². The number of aromatic nitrogens is 1. The lowest BCUT2D eigenvalue weighted by atomic mass is 10.3. The van der Waals surface area contributed by atoms with Crippen LogP contribution in [0.3, 0.4) is 0 Å². The zero-order valence-corrected chi connectivity index (χ0v) is 6.47. The largest absolute Gasteiger partial charge is 0.383 e. The van der Waals surface area contributed by atoms with E-state index in [-0.39, 0.29) is 6.61 Å². The van der Waals surface area contributed by atoms with Crippen molar-refractivity contribution < 1.29 is 4.84 Å². The smallest absolute Gasteiger partial charge is 0.177 e. The highest BCUT2D eigenvalue weighted by atomic mass is 16.6. The van der Waals surface area contributed by atoms with Gasteiger partial charge in [-0.15, -0.1) is 6.42 Å². The predicted molar refractivity (Wildman–Crippen MR) is 46.6 cm³/mol.